The van der Waals surface area contributed by atoms with Gasteiger partial charge in [0.25, 0.3) is 0 Å². The molecule has 0 heterocycles. The lowest BCUT2D eigenvalue weighted by Crippen LogP contribution is -2.03. The quantitative estimate of drug-likeness (QED) is 0.0697. The van der Waals surface area contributed by atoms with Gasteiger partial charge in [-0.3, -0.25) is 9.59 Å². The van der Waals surface area contributed by atoms with Crippen LogP contribution >= 0.6 is 0 Å². The molecule has 42 heavy (non-hydrogen) atoms. The number of methoxy groups -OCH3 is 2. The number of carbonyl (C=O) groups excluding carboxylic acids is 3. The highest BCUT2D eigenvalue weighted by Crippen LogP contribution is 2.23. The van der Waals surface area contributed by atoms with Crippen molar-refractivity contribution in [1.29, 1.82) is 0 Å². The smallest absolute Gasteiger partial charge is 0.336 e. The Balaban J connectivity index is 0.000000856. The lowest BCUT2D eigenvalue weighted by atomic mass is 10.0. The molecular formula is C35H40O7. The van der Waals surface area contributed by atoms with Gasteiger partial charge >= 0.3 is 5.97 Å². The summed E-state index contributed by atoms with van der Waals surface area (Å²) in [6.07, 6.45) is 7.43. The molecule has 0 spiro atoms. The third-order valence-corrected chi connectivity index (χ3v) is 5.31. The molecule has 7 nitrogen and oxygen atoms in total. The molecule has 222 valence electrons. The second-order valence-electron chi connectivity index (χ2n) is 8.82. The van der Waals surface area contributed by atoms with Crippen LogP contribution < -0.4 is 9.47 Å². The fourth-order valence-corrected chi connectivity index (χ4v) is 3.18. The maximum absolute atomic E-state index is 12.1. The Kier molecular flexibility index (Phi) is 18.7. The van der Waals surface area contributed by atoms with E-state index in [1.165, 1.54) is 12.2 Å². The summed E-state index contributed by atoms with van der Waals surface area (Å²) in [6, 6.07) is 23.5. The van der Waals surface area contributed by atoms with E-state index >= 15 is 0 Å². The van der Waals surface area contributed by atoms with E-state index in [4.69, 9.17) is 23.7 Å². The molecule has 0 unspecified atom stereocenters. The summed E-state index contributed by atoms with van der Waals surface area (Å²) < 4.78 is 21.2. The van der Waals surface area contributed by atoms with Gasteiger partial charge in [-0.1, -0.05) is 61.7 Å². The Hall–Kier alpha value is -4.59. The minimum Gasteiger partial charge on any atom is -0.494 e. The molecule has 0 bridgehead atoms. The summed E-state index contributed by atoms with van der Waals surface area (Å²) in [6.45, 7) is 10.1. The van der Waals surface area contributed by atoms with E-state index in [1.54, 1.807) is 39.4 Å². The Labute approximate surface area is 249 Å². The number of aldehydes is 2. The van der Waals surface area contributed by atoms with E-state index < -0.39 is 5.97 Å². The number of allylic oxidation sites excluding steroid dienone is 2. The maximum Gasteiger partial charge on any atom is 0.336 e. The number of benzene rings is 3. The third-order valence-electron chi connectivity index (χ3n) is 5.31. The Morgan fingerprint density at radius 1 is 0.786 bits per heavy atom. The van der Waals surface area contributed by atoms with Crippen LogP contribution in [-0.2, 0) is 30.3 Å². The normalized spacial score (nSPS) is 9.88. The number of hydrogen-bond acceptors (Lipinski definition) is 7. The van der Waals surface area contributed by atoms with Crippen LogP contribution in [0.4, 0.5) is 0 Å². The molecule has 0 saturated heterocycles. The first kappa shape index (κ1) is 35.4. The molecule has 0 aromatic heterocycles. The topological polar surface area (TPSA) is 88.1 Å². The molecule has 3 aromatic carbocycles. The van der Waals surface area contributed by atoms with Gasteiger partial charge in [-0.05, 0) is 77.6 Å². The van der Waals surface area contributed by atoms with Crippen molar-refractivity contribution in [3.05, 3.63) is 115 Å². The molecule has 3 aromatic rings. The molecule has 3 rings (SSSR count). The molecule has 0 amide bonds. The zero-order valence-electron chi connectivity index (χ0n) is 24.6. The highest BCUT2D eigenvalue weighted by molar-refractivity contribution is 5.88. The summed E-state index contributed by atoms with van der Waals surface area (Å²) in [4.78, 5) is 30.6. The van der Waals surface area contributed by atoms with Gasteiger partial charge in [0.2, 0.25) is 0 Å². The Morgan fingerprint density at radius 2 is 1.31 bits per heavy atom. The number of rotatable bonds is 14. The van der Waals surface area contributed by atoms with E-state index in [0.717, 1.165) is 47.1 Å². The monoisotopic (exact) mass is 572 g/mol. The largest absolute Gasteiger partial charge is 0.494 e. The highest BCUT2D eigenvalue weighted by Gasteiger charge is 2.03. The predicted octanol–water partition coefficient (Wildman–Crippen LogP) is 6.71. The molecule has 7 heteroatoms. The van der Waals surface area contributed by atoms with Crippen molar-refractivity contribution in [2.75, 3.05) is 34.0 Å². The van der Waals surface area contributed by atoms with Gasteiger partial charge in [0.1, 0.15) is 24.1 Å². The SMILES string of the molecule is C=C(C)C=O.C=CC=O.COCCCOc1ccc(-c2ccc(/C=C/C(=O)Oc3ccc(CCOC)cc3)cc2)cc1. The fourth-order valence-electron chi connectivity index (χ4n) is 3.18. The van der Waals surface area contributed by atoms with Crippen LogP contribution in [0, 0.1) is 0 Å². The van der Waals surface area contributed by atoms with Gasteiger partial charge in [-0.25, -0.2) is 4.79 Å². The fraction of sp³-hybridized carbons (Fsp3) is 0.229. The standard InChI is InChI=1S/C28H30O5.C4H6O.C3H4O/c1-30-19-3-20-32-26-15-11-25(12-16-26)24-9-4-22(5-10-24)8-17-28(29)33-27-13-6-23(7-14-27)18-21-31-2;1-4(2)3-5;1-2-3-4/h4-17H,3,18-21H2,1-2H3;3H,1H2,2H3;2-3H,1H2/b17-8+;;. The summed E-state index contributed by atoms with van der Waals surface area (Å²) in [5.41, 5.74) is 4.82. The average Bonchev–Trinajstić information content (AvgIpc) is 3.03. The average molecular weight is 573 g/mol. The van der Waals surface area contributed by atoms with E-state index in [0.29, 0.717) is 37.4 Å². The molecule has 0 saturated carbocycles. The summed E-state index contributed by atoms with van der Waals surface area (Å²) in [5, 5.41) is 0. The van der Waals surface area contributed by atoms with E-state index in [-0.39, 0.29) is 0 Å². The number of hydrogen-bond donors (Lipinski definition) is 0. The molecule has 0 N–H and O–H groups in total. The maximum atomic E-state index is 12.1. The molecular weight excluding hydrogens is 532 g/mol. The van der Waals surface area contributed by atoms with Gasteiger partial charge in [-0.15, -0.1) is 0 Å². The molecule has 0 fully saturated rings. The first-order chi connectivity index (χ1) is 20.4. The number of esters is 1. The first-order valence-electron chi connectivity index (χ1n) is 13.3. The van der Waals surface area contributed by atoms with Crippen molar-refractivity contribution in [3.8, 4) is 22.6 Å². The number of carbonyl (C=O) groups is 3. The zero-order chi connectivity index (χ0) is 31.0. The second-order valence-corrected chi connectivity index (χ2v) is 8.82. The van der Waals surface area contributed by atoms with Crippen LogP contribution in [0.3, 0.4) is 0 Å². The van der Waals surface area contributed by atoms with Crippen LogP contribution in [0.5, 0.6) is 11.5 Å². The molecule has 0 radical (unpaired) electrons. The Morgan fingerprint density at radius 3 is 1.81 bits per heavy atom. The van der Waals surface area contributed by atoms with E-state index in [9.17, 15) is 9.59 Å². The van der Waals surface area contributed by atoms with Crippen molar-refractivity contribution in [2.45, 2.75) is 19.8 Å². The molecule has 0 aliphatic rings. The van der Waals surface area contributed by atoms with Gasteiger partial charge in [0, 0.05) is 33.3 Å². The van der Waals surface area contributed by atoms with Crippen molar-refractivity contribution >= 4 is 24.6 Å². The predicted molar refractivity (Wildman–Crippen MR) is 168 cm³/mol. The van der Waals surface area contributed by atoms with Crippen molar-refractivity contribution in [3.63, 3.8) is 0 Å². The molecule has 0 aliphatic carbocycles. The van der Waals surface area contributed by atoms with Crippen LogP contribution in [0.2, 0.25) is 0 Å². The molecule has 0 atom stereocenters. The van der Waals surface area contributed by atoms with Crippen molar-refractivity contribution in [1.82, 2.24) is 0 Å². The minimum absolute atomic E-state index is 0.412. The van der Waals surface area contributed by atoms with Gasteiger partial charge in [0.05, 0.1) is 13.2 Å². The summed E-state index contributed by atoms with van der Waals surface area (Å²) >= 11 is 0. The van der Waals surface area contributed by atoms with E-state index in [2.05, 4.69) is 13.2 Å². The van der Waals surface area contributed by atoms with Crippen LogP contribution in [0.1, 0.15) is 24.5 Å². The van der Waals surface area contributed by atoms with Crippen LogP contribution in [0.15, 0.2) is 104 Å². The van der Waals surface area contributed by atoms with Crippen molar-refractivity contribution in [2.24, 2.45) is 0 Å². The minimum atomic E-state index is -0.412. The second kappa shape index (κ2) is 22.1. The van der Waals surface area contributed by atoms with Gasteiger partial charge in [0.15, 0.2) is 0 Å². The van der Waals surface area contributed by atoms with E-state index in [1.807, 2.05) is 60.7 Å². The van der Waals surface area contributed by atoms with Gasteiger partial charge in [-0.2, -0.15) is 0 Å². The van der Waals surface area contributed by atoms with Crippen LogP contribution in [0.25, 0.3) is 17.2 Å². The summed E-state index contributed by atoms with van der Waals surface area (Å²) in [7, 11) is 3.36. The van der Waals surface area contributed by atoms with Gasteiger partial charge < -0.3 is 18.9 Å². The third kappa shape index (κ3) is 15.9. The lowest BCUT2D eigenvalue weighted by Gasteiger charge is -2.07. The Bertz CT molecular complexity index is 1240. The lowest BCUT2D eigenvalue weighted by molar-refractivity contribution is -0.128. The first-order valence-corrected chi connectivity index (χ1v) is 13.3. The van der Waals surface area contributed by atoms with Crippen LogP contribution in [-0.4, -0.2) is 52.6 Å². The van der Waals surface area contributed by atoms with Crippen molar-refractivity contribution < 1.29 is 33.3 Å². The number of ether oxygens (including phenoxy) is 4. The highest BCUT2D eigenvalue weighted by atomic mass is 16.5. The zero-order valence-corrected chi connectivity index (χ0v) is 24.6. The summed E-state index contributed by atoms with van der Waals surface area (Å²) in [5.74, 6) is 0.953. The molecule has 0 aliphatic heterocycles.